The number of amides is 1. The molecule has 0 saturated carbocycles. The number of benzene rings is 2. The van der Waals surface area contributed by atoms with E-state index < -0.39 is 5.91 Å². The van der Waals surface area contributed by atoms with E-state index in [0.717, 1.165) is 11.3 Å². The first-order valence-corrected chi connectivity index (χ1v) is 5.71. The lowest BCUT2D eigenvalue weighted by Gasteiger charge is -2.08. The number of hydrogen-bond donors (Lipinski definition) is 4. The van der Waals surface area contributed by atoms with Gasteiger partial charge in [0.2, 0.25) is 5.91 Å². The van der Waals surface area contributed by atoms with Crippen LogP contribution in [0.5, 0.6) is 11.5 Å². The molecule has 0 spiro atoms. The van der Waals surface area contributed by atoms with E-state index in [-0.39, 0.29) is 11.5 Å². The fraction of sp³-hybridized carbons (Fsp3) is 0.0714. The molecular formula is C14H14N2O3. The summed E-state index contributed by atoms with van der Waals surface area (Å²) < 4.78 is 0. The van der Waals surface area contributed by atoms with Crippen molar-refractivity contribution in [1.82, 2.24) is 0 Å². The molecule has 5 nitrogen and oxygen atoms in total. The lowest BCUT2D eigenvalue weighted by molar-refractivity contribution is 0.100. The van der Waals surface area contributed by atoms with Crippen molar-refractivity contribution in [1.29, 1.82) is 0 Å². The third-order valence-electron chi connectivity index (χ3n) is 2.71. The molecule has 0 unspecified atom stereocenters. The Morgan fingerprint density at radius 3 is 2.32 bits per heavy atom. The second-order valence-electron chi connectivity index (χ2n) is 4.12. The van der Waals surface area contributed by atoms with Gasteiger partial charge in [-0.25, -0.2) is 0 Å². The molecule has 5 N–H and O–H groups in total. The maximum absolute atomic E-state index is 10.9. The van der Waals surface area contributed by atoms with Crippen molar-refractivity contribution in [2.24, 2.45) is 5.73 Å². The Kier molecular flexibility index (Phi) is 3.56. The summed E-state index contributed by atoms with van der Waals surface area (Å²) in [6, 6.07) is 11.4. The van der Waals surface area contributed by atoms with Crippen LogP contribution in [0, 0.1) is 0 Å². The summed E-state index contributed by atoms with van der Waals surface area (Å²) in [6.45, 7) is 0.490. The van der Waals surface area contributed by atoms with Gasteiger partial charge in [-0.3, -0.25) is 4.79 Å². The average molecular weight is 258 g/mol. The molecule has 98 valence electrons. The molecular weight excluding hydrogens is 244 g/mol. The highest BCUT2D eigenvalue weighted by Crippen LogP contribution is 2.25. The Morgan fingerprint density at radius 1 is 1.05 bits per heavy atom. The number of rotatable bonds is 4. The zero-order valence-electron chi connectivity index (χ0n) is 10.1. The predicted octanol–water partition coefficient (Wildman–Crippen LogP) is 1.81. The minimum atomic E-state index is -0.463. The van der Waals surface area contributed by atoms with E-state index in [4.69, 9.17) is 5.73 Å². The summed E-state index contributed by atoms with van der Waals surface area (Å²) in [7, 11) is 0. The van der Waals surface area contributed by atoms with Crippen molar-refractivity contribution in [3.8, 4) is 11.5 Å². The van der Waals surface area contributed by atoms with Crippen molar-refractivity contribution in [2.45, 2.75) is 6.54 Å². The van der Waals surface area contributed by atoms with Crippen LogP contribution in [0.4, 0.5) is 5.69 Å². The maximum atomic E-state index is 10.9. The van der Waals surface area contributed by atoms with Crippen LogP contribution >= 0.6 is 0 Å². The van der Waals surface area contributed by atoms with Crippen molar-refractivity contribution < 1.29 is 15.0 Å². The fourth-order valence-electron chi connectivity index (χ4n) is 1.64. The van der Waals surface area contributed by atoms with Crippen LogP contribution in [0.3, 0.4) is 0 Å². The molecule has 19 heavy (non-hydrogen) atoms. The molecule has 0 saturated heterocycles. The Morgan fingerprint density at radius 2 is 1.74 bits per heavy atom. The molecule has 0 radical (unpaired) electrons. The number of primary amides is 1. The molecule has 1 amide bonds. The highest BCUT2D eigenvalue weighted by molar-refractivity contribution is 5.93. The number of nitrogens with one attached hydrogen (secondary N) is 1. The average Bonchev–Trinajstić information content (AvgIpc) is 2.40. The van der Waals surface area contributed by atoms with E-state index in [2.05, 4.69) is 5.32 Å². The normalized spacial score (nSPS) is 10.1. The number of carbonyl (C=O) groups is 1. The zero-order chi connectivity index (χ0) is 13.8. The van der Waals surface area contributed by atoms with Crippen LogP contribution in [-0.4, -0.2) is 16.1 Å². The van der Waals surface area contributed by atoms with Gasteiger partial charge >= 0.3 is 0 Å². The van der Waals surface area contributed by atoms with Crippen LogP contribution in [0.1, 0.15) is 15.9 Å². The lowest BCUT2D eigenvalue weighted by Crippen LogP contribution is -2.10. The maximum Gasteiger partial charge on any atom is 0.248 e. The molecule has 0 heterocycles. The molecule has 2 aromatic rings. The first-order valence-electron chi connectivity index (χ1n) is 5.71. The Balaban J connectivity index is 2.01. The quantitative estimate of drug-likeness (QED) is 0.629. The standard InChI is InChI=1S/C14H14N2O3/c15-14(19)10-2-4-11(5-3-10)16-8-9-1-6-12(17)13(18)7-9/h1-7,16-18H,8H2,(H2,15,19). The van der Waals surface area contributed by atoms with Gasteiger partial charge in [0.25, 0.3) is 0 Å². The Bertz CT molecular complexity index is 594. The summed E-state index contributed by atoms with van der Waals surface area (Å²) in [6.07, 6.45) is 0. The minimum Gasteiger partial charge on any atom is -0.504 e. The van der Waals surface area contributed by atoms with Gasteiger partial charge in [0, 0.05) is 17.8 Å². The zero-order valence-corrected chi connectivity index (χ0v) is 10.1. The van der Waals surface area contributed by atoms with Crippen molar-refractivity contribution in [3.05, 3.63) is 53.6 Å². The first-order chi connectivity index (χ1) is 9.06. The van der Waals surface area contributed by atoms with Crippen molar-refractivity contribution >= 4 is 11.6 Å². The van der Waals surface area contributed by atoms with Gasteiger partial charge in [-0.1, -0.05) is 6.07 Å². The number of phenols is 2. The topological polar surface area (TPSA) is 95.6 Å². The van der Waals surface area contributed by atoms with Gasteiger partial charge in [0.05, 0.1) is 0 Å². The number of nitrogens with two attached hydrogens (primary N) is 1. The van der Waals surface area contributed by atoms with Crippen molar-refractivity contribution in [2.75, 3.05) is 5.32 Å². The summed E-state index contributed by atoms with van der Waals surface area (Å²) in [5, 5.41) is 21.7. The number of carbonyl (C=O) groups excluding carboxylic acids is 1. The fourth-order valence-corrected chi connectivity index (χ4v) is 1.64. The van der Waals surface area contributed by atoms with E-state index in [9.17, 15) is 15.0 Å². The highest BCUT2D eigenvalue weighted by Gasteiger charge is 2.02. The molecule has 0 bridgehead atoms. The van der Waals surface area contributed by atoms with Gasteiger partial charge in [0.1, 0.15) is 0 Å². The van der Waals surface area contributed by atoms with Gasteiger partial charge in [-0.05, 0) is 42.0 Å². The van der Waals surface area contributed by atoms with E-state index in [1.807, 2.05) is 0 Å². The van der Waals surface area contributed by atoms with Gasteiger partial charge in [0.15, 0.2) is 11.5 Å². The van der Waals surface area contributed by atoms with Gasteiger partial charge in [-0.2, -0.15) is 0 Å². The largest absolute Gasteiger partial charge is 0.504 e. The molecule has 0 aromatic heterocycles. The number of hydrogen-bond acceptors (Lipinski definition) is 4. The summed E-state index contributed by atoms with van der Waals surface area (Å²) in [5.74, 6) is -0.757. The van der Waals surface area contributed by atoms with Crippen LogP contribution in [0.2, 0.25) is 0 Å². The summed E-state index contributed by atoms with van der Waals surface area (Å²) in [5.41, 5.74) is 7.26. The van der Waals surface area contributed by atoms with E-state index in [1.54, 1.807) is 30.3 Å². The highest BCUT2D eigenvalue weighted by atomic mass is 16.3. The van der Waals surface area contributed by atoms with E-state index in [0.29, 0.717) is 12.1 Å². The predicted molar refractivity (Wildman–Crippen MR) is 72.1 cm³/mol. The SMILES string of the molecule is NC(=O)c1ccc(NCc2ccc(O)c(O)c2)cc1. The van der Waals surface area contributed by atoms with E-state index in [1.165, 1.54) is 12.1 Å². The second kappa shape index (κ2) is 5.30. The number of aromatic hydroxyl groups is 2. The molecule has 0 aliphatic heterocycles. The summed E-state index contributed by atoms with van der Waals surface area (Å²) in [4.78, 5) is 10.9. The van der Waals surface area contributed by atoms with Crippen LogP contribution in [-0.2, 0) is 6.54 Å². The monoisotopic (exact) mass is 258 g/mol. The number of anilines is 1. The van der Waals surface area contributed by atoms with Crippen LogP contribution in [0.15, 0.2) is 42.5 Å². The number of phenolic OH excluding ortho intramolecular Hbond substituents is 2. The third kappa shape index (κ3) is 3.16. The summed E-state index contributed by atoms with van der Waals surface area (Å²) >= 11 is 0. The third-order valence-corrected chi connectivity index (χ3v) is 2.71. The molecule has 0 atom stereocenters. The smallest absolute Gasteiger partial charge is 0.248 e. The molecule has 0 fully saturated rings. The van der Waals surface area contributed by atoms with Gasteiger partial charge in [-0.15, -0.1) is 0 Å². The van der Waals surface area contributed by atoms with E-state index >= 15 is 0 Å². The molecule has 0 aliphatic rings. The lowest BCUT2D eigenvalue weighted by atomic mass is 10.1. The molecule has 0 aliphatic carbocycles. The van der Waals surface area contributed by atoms with Crippen molar-refractivity contribution in [3.63, 3.8) is 0 Å². The molecule has 2 rings (SSSR count). The first kappa shape index (κ1) is 12.8. The Hall–Kier alpha value is -2.69. The molecule has 5 heteroatoms. The second-order valence-corrected chi connectivity index (χ2v) is 4.12. The Labute approximate surface area is 110 Å². The molecule has 2 aromatic carbocycles. The van der Waals surface area contributed by atoms with Crippen LogP contribution < -0.4 is 11.1 Å². The van der Waals surface area contributed by atoms with Crippen LogP contribution in [0.25, 0.3) is 0 Å². The van der Waals surface area contributed by atoms with Gasteiger partial charge < -0.3 is 21.3 Å². The minimum absolute atomic E-state index is 0.144.